The van der Waals surface area contributed by atoms with Crippen molar-refractivity contribution in [1.82, 2.24) is 0 Å². The lowest BCUT2D eigenvalue weighted by molar-refractivity contribution is -0.207. The topological polar surface area (TPSA) is 44.8 Å². The first kappa shape index (κ1) is 24.8. The molecule has 0 amide bonds. The van der Waals surface area contributed by atoms with E-state index in [-0.39, 0.29) is 28.8 Å². The van der Waals surface area contributed by atoms with Crippen molar-refractivity contribution in [3.8, 4) is 17.2 Å². The largest absolute Gasteiger partial charge is 0.461 e. The zero-order valence-electron chi connectivity index (χ0n) is 18.0. The van der Waals surface area contributed by atoms with Crippen molar-refractivity contribution in [2.45, 2.75) is 33.0 Å². The summed E-state index contributed by atoms with van der Waals surface area (Å²) in [5.74, 6) is -0.626. The van der Waals surface area contributed by atoms with Crippen LogP contribution in [0.1, 0.15) is 25.0 Å². The first-order valence-corrected chi connectivity index (χ1v) is 10.9. The van der Waals surface area contributed by atoms with Crippen molar-refractivity contribution < 1.29 is 27.8 Å². The first-order valence-electron chi connectivity index (χ1n) is 10.2. The molecule has 4 nitrogen and oxygen atoms in total. The van der Waals surface area contributed by atoms with Crippen molar-refractivity contribution in [3.05, 3.63) is 87.9 Å². The van der Waals surface area contributed by atoms with Gasteiger partial charge in [-0.25, -0.2) is 0 Å². The zero-order valence-corrected chi connectivity index (χ0v) is 19.5. The lowest BCUT2D eigenvalue weighted by Gasteiger charge is -2.23. The molecular weight excluding hydrogens is 473 g/mol. The Labute approximate surface area is 201 Å². The molecular formula is C25H22Cl2F2O4. The van der Waals surface area contributed by atoms with Crippen LogP contribution in [0.4, 0.5) is 8.78 Å². The zero-order chi connectivity index (χ0) is 24.0. The van der Waals surface area contributed by atoms with E-state index in [1.54, 1.807) is 24.3 Å². The molecule has 0 fully saturated rings. The molecule has 0 spiro atoms. The molecule has 8 heteroatoms. The maximum absolute atomic E-state index is 13.9. The smallest absolute Gasteiger partial charge is 0.400 e. The number of carbonyl (C=O) groups excluding carboxylic acids is 1. The van der Waals surface area contributed by atoms with Crippen LogP contribution in [0.15, 0.2) is 66.7 Å². The fraction of sp³-hybridized carbons (Fsp3) is 0.240. The maximum atomic E-state index is 13.9. The average molecular weight is 495 g/mol. The average Bonchev–Trinajstić information content (AvgIpc) is 2.76. The van der Waals surface area contributed by atoms with Crippen LogP contribution in [0, 0.1) is 5.92 Å². The second-order valence-electron chi connectivity index (χ2n) is 7.61. The van der Waals surface area contributed by atoms with Crippen LogP contribution in [-0.2, 0) is 22.6 Å². The van der Waals surface area contributed by atoms with Gasteiger partial charge in [-0.15, -0.1) is 0 Å². The van der Waals surface area contributed by atoms with E-state index in [9.17, 15) is 13.6 Å². The van der Waals surface area contributed by atoms with E-state index in [0.29, 0.717) is 17.1 Å². The normalized spacial score (nSPS) is 11.4. The number of para-hydroxylation sites is 1. The quantitative estimate of drug-likeness (QED) is 0.286. The summed E-state index contributed by atoms with van der Waals surface area (Å²) in [4.78, 5) is 12.3. The van der Waals surface area contributed by atoms with Crippen molar-refractivity contribution in [2.24, 2.45) is 5.92 Å². The number of rotatable bonds is 9. The second kappa shape index (κ2) is 10.9. The molecule has 0 atom stereocenters. The van der Waals surface area contributed by atoms with Crippen LogP contribution >= 0.6 is 23.2 Å². The van der Waals surface area contributed by atoms with Gasteiger partial charge in [0.25, 0.3) is 0 Å². The summed E-state index contributed by atoms with van der Waals surface area (Å²) in [6.07, 6.45) is -3.58. The van der Waals surface area contributed by atoms with Crippen LogP contribution < -0.4 is 9.47 Å². The molecule has 0 bridgehead atoms. The lowest BCUT2D eigenvalue weighted by Crippen LogP contribution is -2.31. The summed E-state index contributed by atoms with van der Waals surface area (Å²) >= 11 is 12.2. The number of halogens is 4. The molecule has 0 aliphatic carbocycles. The Balaban J connectivity index is 1.59. The summed E-state index contributed by atoms with van der Waals surface area (Å²) in [5, 5.41) is -0.229. The Morgan fingerprint density at radius 3 is 2.18 bits per heavy atom. The van der Waals surface area contributed by atoms with E-state index in [1.165, 1.54) is 26.0 Å². The van der Waals surface area contributed by atoms with E-state index in [2.05, 4.69) is 0 Å². The van der Waals surface area contributed by atoms with Gasteiger partial charge in [0.15, 0.2) is 5.75 Å². The summed E-state index contributed by atoms with van der Waals surface area (Å²) in [6, 6.07) is 19.2. The van der Waals surface area contributed by atoms with E-state index in [1.807, 2.05) is 30.3 Å². The van der Waals surface area contributed by atoms with Gasteiger partial charge in [0.1, 0.15) is 18.1 Å². The molecule has 3 aromatic rings. The van der Waals surface area contributed by atoms with E-state index in [0.717, 1.165) is 5.56 Å². The molecule has 0 unspecified atom stereocenters. The number of ether oxygens (including phenoxy) is 3. The minimum Gasteiger partial charge on any atom is -0.461 e. The number of hydrogen-bond donors (Lipinski definition) is 0. The molecule has 0 radical (unpaired) electrons. The highest BCUT2D eigenvalue weighted by molar-refractivity contribution is 6.37. The fourth-order valence-electron chi connectivity index (χ4n) is 2.77. The van der Waals surface area contributed by atoms with Crippen LogP contribution in [0.25, 0.3) is 0 Å². The van der Waals surface area contributed by atoms with E-state index < -0.39 is 18.0 Å². The second-order valence-corrected chi connectivity index (χ2v) is 8.42. The molecule has 0 aliphatic rings. The first-order chi connectivity index (χ1) is 15.6. The molecule has 0 aromatic heterocycles. The molecule has 174 valence electrons. The number of esters is 1. The Bertz CT molecular complexity index is 1080. The fourth-order valence-corrected chi connectivity index (χ4v) is 3.38. The Hall–Kier alpha value is -2.83. The van der Waals surface area contributed by atoms with Gasteiger partial charge in [0, 0.05) is 0 Å². The third-order valence-electron chi connectivity index (χ3n) is 4.59. The maximum Gasteiger partial charge on any atom is 0.400 e. The number of alkyl halides is 2. The standard InChI is InChI=1S/C25H22Cl2F2O4/c1-16(2)25(28,29)33-24-21(26)12-18(13-22(24)27)14-23(30)31-15-17-7-6-10-20(11-17)32-19-8-4-3-5-9-19/h3-13,16H,14-15H2,1-2H3. The van der Waals surface area contributed by atoms with Crippen LogP contribution in [0.2, 0.25) is 10.0 Å². The molecule has 3 rings (SSSR count). The molecule has 0 heterocycles. The van der Waals surface area contributed by atoms with Gasteiger partial charge < -0.3 is 14.2 Å². The third-order valence-corrected chi connectivity index (χ3v) is 5.16. The van der Waals surface area contributed by atoms with Crippen molar-refractivity contribution in [1.29, 1.82) is 0 Å². The predicted molar refractivity (Wildman–Crippen MR) is 123 cm³/mol. The van der Waals surface area contributed by atoms with Gasteiger partial charge in [-0.3, -0.25) is 4.79 Å². The van der Waals surface area contributed by atoms with Crippen LogP contribution in [0.5, 0.6) is 17.2 Å². The van der Waals surface area contributed by atoms with Gasteiger partial charge in [-0.05, 0) is 47.5 Å². The monoisotopic (exact) mass is 494 g/mol. The number of carbonyl (C=O) groups is 1. The van der Waals surface area contributed by atoms with Gasteiger partial charge in [0.05, 0.1) is 22.4 Å². The summed E-state index contributed by atoms with van der Waals surface area (Å²) in [7, 11) is 0. The van der Waals surface area contributed by atoms with Gasteiger partial charge in [0.2, 0.25) is 0 Å². The van der Waals surface area contributed by atoms with Crippen LogP contribution in [-0.4, -0.2) is 12.1 Å². The molecule has 33 heavy (non-hydrogen) atoms. The molecule has 0 aliphatic heterocycles. The summed E-state index contributed by atoms with van der Waals surface area (Å²) in [5.41, 5.74) is 1.16. The number of hydrogen-bond acceptors (Lipinski definition) is 4. The highest BCUT2D eigenvalue weighted by atomic mass is 35.5. The predicted octanol–water partition coefficient (Wildman–Crippen LogP) is 7.70. The molecule has 0 saturated carbocycles. The minimum absolute atomic E-state index is 0.0358. The van der Waals surface area contributed by atoms with Gasteiger partial charge in [-0.1, -0.05) is 67.4 Å². The van der Waals surface area contributed by atoms with Crippen molar-refractivity contribution in [2.75, 3.05) is 0 Å². The minimum atomic E-state index is -3.44. The molecule has 0 saturated heterocycles. The molecule has 3 aromatic carbocycles. The lowest BCUT2D eigenvalue weighted by atomic mass is 10.1. The van der Waals surface area contributed by atoms with Gasteiger partial charge in [-0.2, -0.15) is 8.78 Å². The highest BCUT2D eigenvalue weighted by Gasteiger charge is 2.37. The van der Waals surface area contributed by atoms with E-state index in [4.69, 9.17) is 37.4 Å². The Morgan fingerprint density at radius 1 is 0.909 bits per heavy atom. The van der Waals surface area contributed by atoms with Crippen molar-refractivity contribution in [3.63, 3.8) is 0 Å². The number of benzene rings is 3. The Kier molecular flexibility index (Phi) is 8.16. The van der Waals surface area contributed by atoms with E-state index >= 15 is 0 Å². The van der Waals surface area contributed by atoms with Gasteiger partial charge >= 0.3 is 12.1 Å². The Morgan fingerprint density at radius 2 is 1.55 bits per heavy atom. The molecule has 0 N–H and O–H groups in total. The summed E-state index contributed by atoms with van der Waals surface area (Å²) in [6.45, 7) is 2.67. The van der Waals surface area contributed by atoms with Crippen molar-refractivity contribution >= 4 is 29.2 Å². The highest BCUT2D eigenvalue weighted by Crippen LogP contribution is 2.39. The van der Waals surface area contributed by atoms with Crippen LogP contribution in [0.3, 0.4) is 0 Å². The third kappa shape index (κ3) is 7.07. The summed E-state index contributed by atoms with van der Waals surface area (Å²) < 4.78 is 43.6. The SMILES string of the molecule is CC(C)C(F)(F)Oc1c(Cl)cc(CC(=O)OCc2cccc(Oc3ccccc3)c2)cc1Cl.